The van der Waals surface area contributed by atoms with Gasteiger partial charge in [0.05, 0.1) is 19.1 Å². The molecule has 0 amide bonds. The Morgan fingerprint density at radius 2 is 1.84 bits per heavy atom. The maximum Gasteiger partial charge on any atom is 0.391 e. The van der Waals surface area contributed by atoms with Gasteiger partial charge in [0.25, 0.3) is 0 Å². The number of ether oxygens (including phenoxy) is 2. The lowest BCUT2D eigenvalue weighted by molar-refractivity contribution is -0.156. The molecule has 1 atom stereocenters. The predicted octanol–water partition coefficient (Wildman–Crippen LogP) is 2.57. The summed E-state index contributed by atoms with van der Waals surface area (Å²) in [6, 6.07) is 6.94. The Bertz CT molecular complexity index is 362. The zero-order valence-corrected chi connectivity index (χ0v) is 10.6. The van der Waals surface area contributed by atoms with E-state index in [9.17, 15) is 13.2 Å². The number of benzene rings is 1. The number of halogens is 3. The molecule has 0 heterocycles. The number of rotatable bonds is 7. The largest absolute Gasteiger partial charge is 0.491 e. The van der Waals surface area contributed by atoms with Crippen LogP contribution in [0.15, 0.2) is 24.3 Å². The van der Waals surface area contributed by atoms with Gasteiger partial charge in [-0.15, -0.1) is 0 Å². The van der Waals surface area contributed by atoms with Gasteiger partial charge in [-0.1, -0.05) is 12.1 Å². The molecule has 0 bridgehead atoms. The Hall–Kier alpha value is -1.27. The number of alkyl halides is 3. The van der Waals surface area contributed by atoms with Crippen molar-refractivity contribution >= 4 is 0 Å². The van der Waals surface area contributed by atoms with Gasteiger partial charge >= 0.3 is 6.18 Å². The summed E-state index contributed by atoms with van der Waals surface area (Å²) in [6.45, 7) is 0.224. The lowest BCUT2D eigenvalue weighted by Crippen LogP contribution is -2.25. The van der Waals surface area contributed by atoms with Gasteiger partial charge in [-0.3, -0.25) is 0 Å². The van der Waals surface area contributed by atoms with E-state index >= 15 is 0 Å². The highest BCUT2D eigenvalue weighted by atomic mass is 19.4. The first-order chi connectivity index (χ1) is 8.90. The molecule has 0 aromatic heterocycles. The third-order valence-corrected chi connectivity index (χ3v) is 2.43. The molecule has 0 radical (unpaired) electrons. The van der Waals surface area contributed by atoms with Gasteiger partial charge in [0.15, 0.2) is 0 Å². The maximum atomic E-state index is 12.0. The standard InChI is InChI=1S/C13H17F3O3/c1-18-7-6-10-2-4-12(5-3-10)19-9-11(17)8-13(14,15)16/h2-5,11,17H,6-9H2,1H3. The second-order valence-corrected chi connectivity index (χ2v) is 4.17. The van der Waals surface area contributed by atoms with E-state index in [1.165, 1.54) is 0 Å². The van der Waals surface area contributed by atoms with Crippen LogP contribution in [0.4, 0.5) is 13.2 Å². The fourth-order valence-corrected chi connectivity index (χ4v) is 1.49. The SMILES string of the molecule is COCCc1ccc(OCC(O)CC(F)(F)F)cc1. The zero-order chi connectivity index (χ0) is 14.3. The lowest BCUT2D eigenvalue weighted by Gasteiger charge is -2.14. The molecule has 0 aliphatic carbocycles. The van der Waals surface area contributed by atoms with E-state index in [0.717, 1.165) is 12.0 Å². The third kappa shape index (κ3) is 7.03. The molecule has 6 heteroatoms. The summed E-state index contributed by atoms with van der Waals surface area (Å²) in [6.07, 6.45) is -6.44. The van der Waals surface area contributed by atoms with Gasteiger partial charge in [0.1, 0.15) is 12.4 Å². The summed E-state index contributed by atoms with van der Waals surface area (Å²) in [7, 11) is 1.61. The predicted molar refractivity (Wildman–Crippen MR) is 64.2 cm³/mol. The molecular weight excluding hydrogens is 261 g/mol. The summed E-state index contributed by atoms with van der Waals surface area (Å²) in [4.78, 5) is 0. The minimum absolute atomic E-state index is 0.378. The Balaban J connectivity index is 2.37. The van der Waals surface area contributed by atoms with Crippen LogP contribution in [0.5, 0.6) is 5.75 Å². The molecule has 1 rings (SSSR count). The van der Waals surface area contributed by atoms with E-state index in [2.05, 4.69) is 0 Å². The molecule has 19 heavy (non-hydrogen) atoms. The number of hydrogen-bond acceptors (Lipinski definition) is 3. The number of methoxy groups -OCH3 is 1. The van der Waals surface area contributed by atoms with E-state index < -0.39 is 18.7 Å². The monoisotopic (exact) mass is 278 g/mol. The zero-order valence-electron chi connectivity index (χ0n) is 10.6. The molecule has 0 spiro atoms. The second kappa shape index (κ2) is 7.35. The van der Waals surface area contributed by atoms with Crippen molar-refractivity contribution in [1.82, 2.24) is 0 Å². The van der Waals surface area contributed by atoms with Crippen LogP contribution in [-0.2, 0) is 11.2 Å². The fourth-order valence-electron chi connectivity index (χ4n) is 1.49. The average molecular weight is 278 g/mol. The molecule has 0 saturated carbocycles. The molecule has 0 aliphatic heterocycles. The van der Waals surface area contributed by atoms with Crippen LogP contribution in [0, 0.1) is 0 Å². The molecule has 1 N–H and O–H groups in total. The van der Waals surface area contributed by atoms with Crippen molar-refractivity contribution in [3.8, 4) is 5.75 Å². The highest BCUT2D eigenvalue weighted by molar-refractivity contribution is 5.27. The quantitative estimate of drug-likeness (QED) is 0.833. The molecule has 0 fully saturated rings. The lowest BCUT2D eigenvalue weighted by atomic mass is 10.1. The molecule has 1 aromatic rings. The molecule has 1 unspecified atom stereocenters. The van der Waals surface area contributed by atoms with Crippen LogP contribution in [-0.4, -0.2) is 37.7 Å². The summed E-state index contributed by atoms with van der Waals surface area (Å²) in [5, 5.41) is 9.16. The van der Waals surface area contributed by atoms with Crippen molar-refractivity contribution in [2.45, 2.75) is 25.1 Å². The highest BCUT2D eigenvalue weighted by Gasteiger charge is 2.31. The summed E-state index contributed by atoms with van der Waals surface area (Å²) < 4.78 is 45.9. The van der Waals surface area contributed by atoms with Crippen molar-refractivity contribution in [2.24, 2.45) is 0 Å². The maximum absolute atomic E-state index is 12.0. The van der Waals surface area contributed by atoms with Gasteiger partial charge in [-0.05, 0) is 24.1 Å². The third-order valence-electron chi connectivity index (χ3n) is 2.43. The van der Waals surface area contributed by atoms with Gasteiger partial charge in [0.2, 0.25) is 0 Å². The normalized spacial score (nSPS) is 13.3. The van der Waals surface area contributed by atoms with Gasteiger partial charge in [-0.25, -0.2) is 0 Å². The van der Waals surface area contributed by atoms with E-state index in [-0.39, 0.29) is 6.61 Å². The molecule has 3 nitrogen and oxygen atoms in total. The smallest absolute Gasteiger partial charge is 0.391 e. The Kier molecular flexibility index (Phi) is 6.11. The van der Waals surface area contributed by atoms with E-state index in [1.54, 1.807) is 19.2 Å². The number of hydrogen-bond donors (Lipinski definition) is 1. The molecule has 108 valence electrons. The minimum atomic E-state index is -4.38. The van der Waals surface area contributed by atoms with Crippen molar-refractivity contribution < 1.29 is 27.8 Å². The first kappa shape index (κ1) is 15.8. The van der Waals surface area contributed by atoms with Gasteiger partial charge < -0.3 is 14.6 Å². The van der Waals surface area contributed by atoms with E-state index in [4.69, 9.17) is 14.6 Å². The van der Waals surface area contributed by atoms with Crippen molar-refractivity contribution in [3.63, 3.8) is 0 Å². The highest BCUT2D eigenvalue weighted by Crippen LogP contribution is 2.22. The van der Waals surface area contributed by atoms with Crippen molar-refractivity contribution in [1.29, 1.82) is 0 Å². The van der Waals surface area contributed by atoms with Crippen LogP contribution in [0.1, 0.15) is 12.0 Å². The summed E-state index contributed by atoms with van der Waals surface area (Å²) in [5.74, 6) is 0.433. The Labute approximate surface area is 110 Å². The summed E-state index contributed by atoms with van der Waals surface area (Å²) in [5.41, 5.74) is 1.05. The molecule has 0 saturated heterocycles. The Morgan fingerprint density at radius 1 is 1.21 bits per heavy atom. The van der Waals surface area contributed by atoms with E-state index in [0.29, 0.717) is 12.4 Å². The van der Waals surface area contributed by atoms with E-state index in [1.807, 2.05) is 12.1 Å². The van der Waals surface area contributed by atoms with Crippen LogP contribution in [0.2, 0.25) is 0 Å². The van der Waals surface area contributed by atoms with Crippen LogP contribution in [0.3, 0.4) is 0 Å². The van der Waals surface area contributed by atoms with Crippen LogP contribution in [0.25, 0.3) is 0 Å². The number of aliphatic hydroxyl groups is 1. The first-order valence-corrected chi connectivity index (χ1v) is 5.86. The van der Waals surface area contributed by atoms with Crippen molar-refractivity contribution in [3.05, 3.63) is 29.8 Å². The first-order valence-electron chi connectivity index (χ1n) is 5.86. The van der Waals surface area contributed by atoms with Gasteiger partial charge in [0, 0.05) is 7.11 Å². The van der Waals surface area contributed by atoms with Gasteiger partial charge in [-0.2, -0.15) is 13.2 Å². The Morgan fingerprint density at radius 3 is 2.37 bits per heavy atom. The minimum Gasteiger partial charge on any atom is -0.491 e. The average Bonchev–Trinajstić information content (AvgIpc) is 2.33. The summed E-state index contributed by atoms with van der Waals surface area (Å²) >= 11 is 0. The molecule has 0 aliphatic rings. The fraction of sp³-hybridized carbons (Fsp3) is 0.538. The van der Waals surface area contributed by atoms with Crippen LogP contribution >= 0.6 is 0 Å². The number of aliphatic hydroxyl groups excluding tert-OH is 1. The van der Waals surface area contributed by atoms with Crippen LogP contribution < -0.4 is 4.74 Å². The molecular formula is C13H17F3O3. The topological polar surface area (TPSA) is 38.7 Å². The van der Waals surface area contributed by atoms with Crippen molar-refractivity contribution in [2.75, 3.05) is 20.3 Å². The second-order valence-electron chi connectivity index (χ2n) is 4.17. The molecule has 1 aromatic carbocycles.